The van der Waals surface area contributed by atoms with Crippen LogP contribution >= 0.6 is 0 Å². The maximum atomic E-state index is 12.9. The lowest BCUT2D eigenvalue weighted by atomic mass is 9.86. The minimum atomic E-state index is 0.0340. The Hall–Kier alpha value is -0.570. The van der Waals surface area contributed by atoms with Gasteiger partial charge >= 0.3 is 0 Å². The van der Waals surface area contributed by atoms with Crippen LogP contribution in [-0.4, -0.2) is 29.1 Å². The molecule has 116 valence electrons. The summed E-state index contributed by atoms with van der Waals surface area (Å²) in [6, 6.07) is 0.499. The van der Waals surface area contributed by atoms with Gasteiger partial charge in [0.25, 0.3) is 0 Å². The van der Waals surface area contributed by atoms with Gasteiger partial charge in [0.15, 0.2) is 0 Å². The molecular weight excluding hydrogens is 248 g/mol. The Morgan fingerprint density at radius 3 is 2.30 bits per heavy atom. The van der Waals surface area contributed by atoms with Crippen molar-refractivity contribution in [3.63, 3.8) is 0 Å². The Bertz CT molecular complexity index is 334. The lowest BCUT2D eigenvalue weighted by molar-refractivity contribution is -0.134. The zero-order valence-electron chi connectivity index (χ0n) is 13.9. The Labute approximate surface area is 124 Å². The monoisotopic (exact) mass is 280 g/mol. The van der Waals surface area contributed by atoms with Gasteiger partial charge in [-0.05, 0) is 43.4 Å². The first-order chi connectivity index (χ1) is 9.45. The number of rotatable bonds is 4. The lowest BCUT2D eigenvalue weighted by Crippen LogP contribution is -2.48. The van der Waals surface area contributed by atoms with Crippen molar-refractivity contribution in [1.82, 2.24) is 10.2 Å². The molecule has 1 amide bonds. The largest absolute Gasteiger partial charge is 0.323 e. The van der Waals surface area contributed by atoms with Crippen molar-refractivity contribution in [3.8, 4) is 0 Å². The van der Waals surface area contributed by atoms with Crippen molar-refractivity contribution in [2.24, 2.45) is 17.8 Å². The van der Waals surface area contributed by atoms with E-state index in [1.165, 1.54) is 25.7 Å². The van der Waals surface area contributed by atoms with Crippen LogP contribution in [0.5, 0.6) is 0 Å². The molecule has 2 rings (SSSR count). The summed E-state index contributed by atoms with van der Waals surface area (Å²) < 4.78 is 0. The predicted octanol–water partition coefficient (Wildman–Crippen LogP) is 3.39. The normalized spacial score (nSPS) is 36.7. The van der Waals surface area contributed by atoms with Gasteiger partial charge in [0, 0.05) is 6.04 Å². The molecule has 0 aromatic rings. The number of hydrogen-bond donors (Lipinski definition) is 1. The molecular formula is C17H32N2O. The molecule has 3 unspecified atom stereocenters. The van der Waals surface area contributed by atoms with Crippen LogP contribution in [0.2, 0.25) is 0 Å². The van der Waals surface area contributed by atoms with E-state index in [1.54, 1.807) is 0 Å². The fourth-order valence-corrected chi connectivity index (χ4v) is 3.72. The third-order valence-corrected chi connectivity index (χ3v) is 5.39. The molecule has 1 aliphatic carbocycles. The molecule has 2 aliphatic rings. The second-order valence-electron chi connectivity index (χ2n) is 7.38. The number of carbonyl (C=O) groups excluding carboxylic acids is 1. The van der Waals surface area contributed by atoms with E-state index < -0.39 is 0 Å². The minimum absolute atomic E-state index is 0.0340. The highest BCUT2D eigenvalue weighted by atomic mass is 16.2. The van der Waals surface area contributed by atoms with Crippen LogP contribution in [0.25, 0.3) is 0 Å². The summed E-state index contributed by atoms with van der Waals surface area (Å²) >= 11 is 0. The van der Waals surface area contributed by atoms with Crippen molar-refractivity contribution < 1.29 is 4.79 Å². The van der Waals surface area contributed by atoms with Gasteiger partial charge in [0.1, 0.15) is 0 Å². The molecule has 1 saturated carbocycles. The predicted molar refractivity (Wildman–Crippen MR) is 83.3 cm³/mol. The van der Waals surface area contributed by atoms with Crippen LogP contribution in [-0.2, 0) is 4.79 Å². The van der Waals surface area contributed by atoms with E-state index in [-0.39, 0.29) is 12.2 Å². The summed E-state index contributed by atoms with van der Waals surface area (Å²) in [5.74, 6) is 2.10. The second-order valence-corrected chi connectivity index (χ2v) is 7.38. The summed E-state index contributed by atoms with van der Waals surface area (Å²) in [4.78, 5) is 15.1. The van der Waals surface area contributed by atoms with E-state index in [1.807, 2.05) is 0 Å². The summed E-state index contributed by atoms with van der Waals surface area (Å²) in [6.07, 6.45) is 6.21. The SMILES string of the molecule is CCC(C)C1NC(C(C)C)N(C2CCC(C)CC2)C1=O. The number of hydrogen-bond acceptors (Lipinski definition) is 2. The highest BCUT2D eigenvalue weighted by Gasteiger charge is 2.45. The van der Waals surface area contributed by atoms with Gasteiger partial charge in [-0.3, -0.25) is 10.1 Å². The van der Waals surface area contributed by atoms with Gasteiger partial charge in [-0.25, -0.2) is 0 Å². The van der Waals surface area contributed by atoms with Crippen LogP contribution in [0.3, 0.4) is 0 Å². The smallest absolute Gasteiger partial charge is 0.241 e. The molecule has 3 atom stereocenters. The number of nitrogens with one attached hydrogen (secondary N) is 1. The van der Waals surface area contributed by atoms with Crippen LogP contribution in [0.4, 0.5) is 0 Å². The van der Waals surface area contributed by atoms with Gasteiger partial charge in [0.05, 0.1) is 12.2 Å². The summed E-state index contributed by atoms with van der Waals surface area (Å²) in [6.45, 7) is 11.2. The third-order valence-electron chi connectivity index (χ3n) is 5.39. The molecule has 3 heteroatoms. The highest BCUT2D eigenvalue weighted by Crippen LogP contribution is 2.33. The van der Waals surface area contributed by atoms with E-state index in [4.69, 9.17) is 0 Å². The quantitative estimate of drug-likeness (QED) is 0.856. The summed E-state index contributed by atoms with van der Waals surface area (Å²) in [5.41, 5.74) is 0. The molecule has 0 bridgehead atoms. The Morgan fingerprint density at radius 1 is 1.20 bits per heavy atom. The molecule has 1 heterocycles. The topological polar surface area (TPSA) is 32.3 Å². The lowest BCUT2D eigenvalue weighted by Gasteiger charge is -2.38. The van der Waals surface area contributed by atoms with Gasteiger partial charge in [-0.1, -0.05) is 41.0 Å². The Kier molecular flexibility index (Phi) is 5.11. The number of carbonyl (C=O) groups is 1. The van der Waals surface area contributed by atoms with Crippen molar-refractivity contribution in [1.29, 1.82) is 0 Å². The number of nitrogens with zero attached hydrogens (tertiary/aromatic N) is 1. The Balaban J connectivity index is 2.13. The van der Waals surface area contributed by atoms with Crippen molar-refractivity contribution in [2.75, 3.05) is 0 Å². The van der Waals surface area contributed by atoms with E-state index in [2.05, 4.69) is 44.8 Å². The average molecular weight is 280 g/mol. The van der Waals surface area contributed by atoms with E-state index in [0.29, 0.717) is 23.8 Å². The van der Waals surface area contributed by atoms with E-state index in [9.17, 15) is 4.79 Å². The van der Waals surface area contributed by atoms with E-state index >= 15 is 0 Å². The van der Waals surface area contributed by atoms with Gasteiger partial charge in [-0.15, -0.1) is 0 Å². The van der Waals surface area contributed by atoms with Gasteiger partial charge in [0.2, 0.25) is 5.91 Å². The molecule has 1 N–H and O–H groups in total. The van der Waals surface area contributed by atoms with E-state index in [0.717, 1.165) is 12.3 Å². The molecule has 0 aromatic heterocycles. The van der Waals surface area contributed by atoms with Gasteiger partial charge in [-0.2, -0.15) is 0 Å². The van der Waals surface area contributed by atoms with Crippen molar-refractivity contribution in [2.45, 2.75) is 85.0 Å². The fraction of sp³-hybridized carbons (Fsp3) is 0.941. The van der Waals surface area contributed by atoms with Crippen LogP contribution in [0.15, 0.2) is 0 Å². The molecule has 20 heavy (non-hydrogen) atoms. The molecule has 1 aliphatic heterocycles. The Morgan fingerprint density at radius 2 is 1.80 bits per heavy atom. The highest BCUT2D eigenvalue weighted by molar-refractivity contribution is 5.85. The standard InChI is InChI=1S/C17H32N2O/c1-6-13(5)15-17(20)19(16(18-15)11(2)3)14-9-7-12(4)8-10-14/h11-16,18H,6-10H2,1-5H3. The molecule has 3 nitrogen and oxygen atoms in total. The molecule has 0 spiro atoms. The molecule has 2 fully saturated rings. The molecule has 0 aromatic carbocycles. The van der Waals surface area contributed by atoms with Gasteiger partial charge < -0.3 is 4.90 Å². The number of amides is 1. The first kappa shape index (κ1) is 15.8. The minimum Gasteiger partial charge on any atom is -0.323 e. The first-order valence-corrected chi connectivity index (χ1v) is 8.53. The van der Waals surface area contributed by atoms with Crippen molar-refractivity contribution >= 4 is 5.91 Å². The fourth-order valence-electron chi connectivity index (χ4n) is 3.72. The molecule has 1 saturated heterocycles. The van der Waals surface area contributed by atoms with Crippen LogP contribution in [0, 0.1) is 17.8 Å². The second kappa shape index (κ2) is 6.46. The maximum absolute atomic E-state index is 12.9. The maximum Gasteiger partial charge on any atom is 0.241 e. The summed E-state index contributed by atoms with van der Waals surface area (Å²) in [5, 5.41) is 3.63. The van der Waals surface area contributed by atoms with Crippen LogP contribution in [0.1, 0.15) is 66.7 Å². The zero-order chi connectivity index (χ0) is 14.9. The zero-order valence-corrected chi connectivity index (χ0v) is 13.9. The molecule has 0 radical (unpaired) electrons. The summed E-state index contributed by atoms with van der Waals surface area (Å²) in [7, 11) is 0. The third kappa shape index (κ3) is 3.03. The first-order valence-electron chi connectivity index (χ1n) is 8.53. The van der Waals surface area contributed by atoms with Crippen molar-refractivity contribution in [3.05, 3.63) is 0 Å². The van der Waals surface area contributed by atoms with Crippen LogP contribution < -0.4 is 5.32 Å². The average Bonchev–Trinajstić information content (AvgIpc) is 2.77.